The zero-order valence-corrected chi connectivity index (χ0v) is 9.16. The molecule has 0 aliphatic heterocycles. The summed E-state index contributed by atoms with van der Waals surface area (Å²) >= 11 is 0. The molecule has 0 bridgehead atoms. The molecule has 0 aromatic carbocycles. The van der Waals surface area contributed by atoms with Crippen molar-refractivity contribution in [2.24, 2.45) is 0 Å². The van der Waals surface area contributed by atoms with E-state index in [1.165, 1.54) is 0 Å². The third-order valence-corrected chi connectivity index (χ3v) is 2.18. The van der Waals surface area contributed by atoms with Crippen molar-refractivity contribution in [2.75, 3.05) is 5.32 Å². The average molecular weight is 219 g/mol. The predicted molar refractivity (Wildman–Crippen MR) is 59.2 cm³/mol. The van der Waals surface area contributed by atoms with Gasteiger partial charge in [0.2, 0.25) is 5.95 Å². The molecule has 0 saturated heterocycles. The van der Waals surface area contributed by atoms with Crippen molar-refractivity contribution in [3.63, 3.8) is 0 Å². The number of imidazole rings is 1. The molecule has 0 unspecified atom stereocenters. The fraction of sp³-hybridized carbons (Fsp3) is 0.300. The Morgan fingerprint density at radius 2 is 2.38 bits per heavy atom. The van der Waals surface area contributed by atoms with E-state index in [1.54, 1.807) is 12.3 Å². The first-order valence-electron chi connectivity index (χ1n) is 5.06. The van der Waals surface area contributed by atoms with Gasteiger partial charge in [0.15, 0.2) is 5.69 Å². The number of aromatic amines is 2. The van der Waals surface area contributed by atoms with E-state index in [4.69, 9.17) is 0 Å². The van der Waals surface area contributed by atoms with Crippen LogP contribution in [0.4, 0.5) is 5.95 Å². The average Bonchev–Trinajstić information content (AvgIpc) is 2.87. The fourth-order valence-electron chi connectivity index (χ4n) is 1.31. The number of aromatic nitrogens is 4. The van der Waals surface area contributed by atoms with Crippen LogP contribution in [0.3, 0.4) is 0 Å². The summed E-state index contributed by atoms with van der Waals surface area (Å²) in [5, 5.41) is 9.33. The second-order valence-electron chi connectivity index (χ2n) is 3.50. The number of carbonyl (C=O) groups is 1. The van der Waals surface area contributed by atoms with E-state index in [-0.39, 0.29) is 5.91 Å². The van der Waals surface area contributed by atoms with E-state index in [0.29, 0.717) is 11.6 Å². The Morgan fingerprint density at radius 3 is 2.94 bits per heavy atom. The van der Waals surface area contributed by atoms with E-state index >= 15 is 0 Å². The molecule has 16 heavy (non-hydrogen) atoms. The number of rotatable bonds is 3. The van der Waals surface area contributed by atoms with Crippen molar-refractivity contribution >= 4 is 11.9 Å². The molecule has 2 rings (SSSR count). The van der Waals surface area contributed by atoms with Gasteiger partial charge in [0.25, 0.3) is 5.91 Å². The maximum atomic E-state index is 11.7. The molecule has 6 heteroatoms. The van der Waals surface area contributed by atoms with Crippen LogP contribution < -0.4 is 5.32 Å². The van der Waals surface area contributed by atoms with E-state index in [2.05, 4.69) is 25.5 Å². The smallest absolute Gasteiger partial charge is 0.278 e. The van der Waals surface area contributed by atoms with Gasteiger partial charge in [-0.25, -0.2) is 4.98 Å². The molecule has 0 saturated carbocycles. The maximum Gasteiger partial charge on any atom is 0.278 e. The fourth-order valence-corrected chi connectivity index (χ4v) is 1.31. The van der Waals surface area contributed by atoms with Gasteiger partial charge < -0.3 is 4.98 Å². The Morgan fingerprint density at radius 1 is 1.56 bits per heavy atom. The highest BCUT2D eigenvalue weighted by Gasteiger charge is 2.11. The zero-order chi connectivity index (χ0) is 11.5. The van der Waals surface area contributed by atoms with Gasteiger partial charge in [-0.05, 0) is 19.4 Å². The lowest BCUT2D eigenvalue weighted by atomic mass is 10.3. The molecule has 0 spiro atoms. The third kappa shape index (κ3) is 2.10. The lowest BCUT2D eigenvalue weighted by Gasteiger charge is -1.96. The van der Waals surface area contributed by atoms with Crippen LogP contribution in [0.2, 0.25) is 0 Å². The Labute approximate surface area is 92.5 Å². The minimum Gasteiger partial charge on any atom is -0.328 e. The zero-order valence-electron chi connectivity index (χ0n) is 9.16. The second-order valence-corrected chi connectivity index (χ2v) is 3.50. The Bertz CT molecular complexity index is 499. The van der Waals surface area contributed by atoms with Crippen LogP contribution in [0.25, 0.3) is 0 Å². The largest absolute Gasteiger partial charge is 0.328 e. The number of nitrogens with one attached hydrogen (secondary N) is 3. The van der Waals surface area contributed by atoms with Crippen molar-refractivity contribution in [3.05, 3.63) is 29.3 Å². The molecule has 0 radical (unpaired) electrons. The third-order valence-electron chi connectivity index (χ3n) is 2.18. The molecule has 0 fully saturated rings. The van der Waals surface area contributed by atoms with E-state index in [9.17, 15) is 4.79 Å². The monoisotopic (exact) mass is 219 g/mol. The summed E-state index contributed by atoms with van der Waals surface area (Å²) in [6.07, 6.45) is 2.47. The summed E-state index contributed by atoms with van der Waals surface area (Å²) in [6, 6.07) is 1.73. The summed E-state index contributed by atoms with van der Waals surface area (Å²) in [5.41, 5.74) is 2.19. The van der Waals surface area contributed by atoms with E-state index in [1.807, 2.05) is 13.8 Å². The molecule has 1 amide bonds. The number of nitrogens with zero attached hydrogens (tertiary/aromatic N) is 2. The minimum atomic E-state index is -0.273. The topological polar surface area (TPSA) is 86.5 Å². The highest BCUT2D eigenvalue weighted by Crippen LogP contribution is 2.05. The molecular formula is C10H13N5O. The summed E-state index contributed by atoms with van der Waals surface area (Å²) in [6.45, 7) is 3.86. The van der Waals surface area contributed by atoms with Gasteiger partial charge in [-0.1, -0.05) is 6.92 Å². The number of carbonyl (C=O) groups excluding carboxylic acids is 1. The molecule has 0 aliphatic carbocycles. The minimum absolute atomic E-state index is 0.273. The number of H-pyrrole nitrogens is 2. The summed E-state index contributed by atoms with van der Waals surface area (Å²) < 4.78 is 0. The molecule has 2 heterocycles. The Kier molecular flexibility index (Phi) is 2.72. The standard InChI is InChI=1S/C10H13N5O/c1-3-7-4-8(15-14-7)9(16)13-10-11-5-6(2)12-10/h4-5H,3H2,1-2H3,(H,14,15)(H2,11,12,13,16). The molecule has 2 aromatic rings. The van der Waals surface area contributed by atoms with Crippen molar-refractivity contribution in [1.82, 2.24) is 20.2 Å². The summed E-state index contributed by atoms with van der Waals surface area (Å²) in [4.78, 5) is 18.6. The van der Waals surface area contributed by atoms with Crippen molar-refractivity contribution in [2.45, 2.75) is 20.3 Å². The van der Waals surface area contributed by atoms with Gasteiger partial charge >= 0.3 is 0 Å². The first-order valence-corrected chi connectivity index (χ1v) is 5.06. The molecule has 84 valence electrons. The molecule has 0 aliphatic rings. The Hall–Kier alpha value is -2.11. The Balaban J connectivity index is 2.08. The van der Waals surface area contributed by atoms with Gasteiger partial charge in [-0.2, -0.15) is 5.10 Å². The van der Waals surface area contributed by atoms with Gasteiger partial charge in [-0.3, -0.25) is 15.2 Å². The first kappa shape index (κ1) is 10.4. The molecular weight excluding hydrogens is 206 g/mol. The van der Waals surface area contributed by atoms with Crippen molar-refractivity contribution in [1.29, 1.82) is 0 Å². The van der Waals surface area contributed by atoms with Gasteiger partial charge in [0.05, 0.1) is 0 Å². The van der Waals surface area contributed by atoms with E-state index < -0.39 is 0 Å². The summed E-state index contributed by atoms with van der Waals surface area (Å²) in [7, 11) is 0. The molecule has 2 aromatic heterocycles. The first-order chi connectivity index (χ1) is 7.69. The molecule has 0 atom stereocenters. The van der Waals surface area contributed by atoms with Crippen LogP contribution in [0.5, 0.6) is 0 Å². The SMILES string of the molecule is CCc1cc(C(=O)Nc2ncc(C)[nH]2)n[nH]1. The number of aryl methyl sites for hydroxylation is 2. The lowest BCUT2D eigenvalue weighted by molar-refractivity contribution is 0.102. The van der Waals surface area contributed by atoms with Crippen LogP contribution in [-0.2, 0) is 6.42 Å². The highest BCUT2D eigenvalue weighted by atomic mass is 16.2. The van der Waals surface area contributed by atoms with Crippen molar-refractivity contribution in [3.8, 4) is 0 Å². The molecule has 6 nitrogen and oxygen atoms in total. The van der Waals surface area contributed by atoms with Gasteiger partial charge in [0.1, 0.15) is 0 Å². The normalized spacial score (nSPS) is 10.4. The second kappa shape index (κ2) is 4.18. The lowest BCUT2D eigenvalue weighted by Crippen LogP contribution is -2.13. The van der Waals surface area contributed by atoms with Crippen LogP contribution in [0, 0.1) is 6.92 Å². The predicted octanol–water partition coefficient (Wildman–Crippen LogP) is 1.26. The van der Waals surface area contributed by atoms with Crippen LogP contribution in [0.1, 0.15) is 28.8 Å². The van der Waals surface area contributed by atoms with Crippen LogP contribution in [-0.4, -0.2) is 26.1 Å². The maximum absolute atomic E-state index is 11.7. The van der Waals surface area contributed by atoms with Gasteiger partial charge in [0, 0.05) is 17.6 Å². The number of hydrogen-bond acceptors (Lipinski definition) is 3. The van der Waals surface area contributed by atoms with Crippen molar-refractivity contribution < 1.29 is 4.79 Å². The van der Waals surface area contributed by atoms with Gasteiger partial charge in [-0.15, -0.1) is 0 Å². The highest BCUT2D eigenvalue weighted by molar-refractivity contribution is 6.01. The number of anilines is 1. The quantitative estimate of drug-likeness (QED) is 0.726. The van der Waals surface area contributed by atoms with E-state index in [0.717, 1.165) is 17.8 Å². The van der Waals surface area contributed by atoms with Crippen LogP contribution >= 0.6 is 0 Å². The summed E-state index contributed by atoms with van der Waals surface area (Å²) in [5.74, 6) is 0.161. The van der Waals surface area contributed by atoms with Crippen LogP contribution in [0.15, 0.2) is 12.3 Å². The number of amides is 1. The molecule has 3 N–H and O–H groups in total. The number of hydrogen-bond donors (Lipinski definition) is 3.